The van der Waals surface area contributed by atoms with Gasteiger partial charge in [0, 0.05) is 25.6 Å². The van der Waals surface area contributed by atoms with Crippen molar-refractivity contribution < 1.29 is 17.9 Å². The van der Waals surface area contributed by atoms with E-state index >= 15 is 0 Å². The van der Waals surface area contributed by atoms with E-state index < -0.39 is 10.0 Å². The van der Waals surface area contributed by atoms with Crippen molar-refractivity contribution in [2.45, 2.75) is 69.4 Å². The largest absolute Gasteiger partial charge is 0.374 e. The number of hydrogen-bond donors (Lipinski definition) is 1. The second kappa shape index (κ2) is 10.0. The van der Waals surface area contributed by atoms with Gasteiger partial charge in [0.2, 0.25) is 15.9 Å². The van der Waals surface area contributed by atoms with Crippen molar-refractivity contribution in [3.05, 3.63) is 35.9 Å². The monoisotopic (exact) mass is 448 g/mol. The van der Waals surface area contributed by atoms with E-state index in [-0.39, 0.29) is 24.0 Å². The third-order valence-electron chi connectivity index (χ3n) is 7.35. The third-order valence-corrected chi connectivity index (χ3v) is 8.09. The van der Waals surface area contributed by atoms with Gasteiger partial charge in [-0.05, 0) is 62.3 Å². The van der Waals surface area contributed by atoms with Crippen molar-refractivity contribution in [2.75, 3.05) is 26.0 Å². The number of ether oxygens (including phenoxy) is 1. The van der Waals surface area contributed by atoms with Crippen LogP contribution in [0.25, 0.3) is 0 Å². The van der Waals surface area contributed by atoms with Crippen LogP contribution < -0.4 is 4.72 Å². The van der Waals surface area contributed by atoms with E-state index in [2.05, 4.69) is 35.1 Å². The number of carbonyl (C=O) groups is 1. The normalized spacial score (nSPS) is 30.0. The number of nitrogens with zero attached hydrogens (tertiary/aromatic N) is 1. The molecule has 0 aromatic heterocycles. The fourth-order valence-corrected chi connectivity index (χ4v) is 6.08. The Morgan fingerprint density at radius 1 is 1.06 bits per heavy atom. The molecular weight excluding hydrogens is 412 g/mol. The van der Waals surface area contributed by atoms with E-state index in [4.69, 9.17) is 4.74 Å². The van der Waals surface area contributed by atoms with Gasteiger partial charge in [-0.15, -0.1) is 0 Å². The molecule has 4 rings (SSSR count). The minimum absolute atomic E-state index is 0.160. The summed E-state index contributed by atoms with van der Waals surface area (Å²) >= 11 is 0. The molecule has 2 atom stereocenters. The third kappa shape index (κ3) is 6.08. The van der Waals surface area contributed by atoms with Gasteiger partial charge in [0.25, 0.3) is 0 Å². The van der Waals surface area contributed by atoms with E-state index in [9.17, 15) is 13.2 Å². The fraction of sp³-hybridized carbons (Fsp3) is 0.708. The molecule has 1 aliphatic heterocycles. The second-order valence-electron chi connectivity index (χ2n) is 9.70. The molecule has 0 unspecified atom stereocenters. The molecule has 3 aliphatic rings. The maximum atomic E-state index is 12.7. The van der Waals surface area contributed by atoms with Gasteiger partial charge in [-0.1, -0.05) is 36.8 Å². The zero-order chi connectivity index (χ0) is 21.8. The molecule has 1 aromatic carbocycles. The molecule has 6 nitrogen and oxygen atoms in total. The van der Waals surface area contributed by atoms with Gasteiger partial charge in [-0.2, -0.15) is 0 Å². The first kappa shape index (κ1) is 22.7. The molecule has 31 heavy (non-hydrogen) atoms. The molecule has 0 bridgehead atoms. The maximum absolute atomic E-state index is 12.7. The molecule has 0 radical (unpaired) electrons. The predicted octanol–water partition coefficient (Wildman–Crippen LogP) is 3.30. The maximum Gasteiger partial charge on any atom is 0.225 e. The Hall–Kier alpha value is -1.44. The van der Waals surface area contributed by atoms with Crippen LogP contribution in [0.5, 0.6) is 0 Å². The highest BCUT2D eigenvalue weighted by atomic mass is 32.2. The van der Waals surface area contributed by atoms with Crippen molar-refractivity contribution >= 4 is 15.9 Å². The van der Waals surface area contributed by atoms with Crippen LogP contribution >= 0.6 is 0 Å². The number of amides is 1. The van der Waals surface area contributed by atoms with Crippen LogP contribution in [0.3, 0.4) is 0 Å². The van der Waals surface area contributed by atoms with Crippen molar-refractivity contribution in [2.24, 2.45) is 11.8 Å². The number of carbonyl (C=O) groups excluding carboxylic acids is 1. The second-order valence-corrected chi connectivity index (χ2v) is 11.5. The molecule has 1 saturated heterocycles. The molecule has 2 aliphatic carbocycles. The molecule has 2 saturated carbocycles. The Labute approximate surface area is 186 Å². The first-order valence-corrected chi connectivity index (χ1v) is 13.7. The lowest BCUT2D eigenvalue weighted by molar-refractivity contribution is -0.143. The average Bonchev–Trinajstić information content (AvgIpc) is 2.72. The first-order chi connectivity index (χ1) is 14.9. The van der Waals surface area contributed by atoms with E-state index in [1.807, 2.05) is 4.90 Å². The summed E-state index contributed by atoms with van der Waals surface area (Å²) in [5.41, 5.74) is 1.43. The molecule has 172 valence electrons. The zero-order valence-corrected chi connectivity index (χ0v) is 19.4. The number of nitrogens with one attached hydrogen (secondary N) is 1. The van der Waals surface area contributed by atoms with E-state index in [0.29, 0.717) is 38.0 Å². The number of sulfonamides is 1. The van der Waals surface area contributed by atoms with Crippen LogP contribution in [0.2, 0.25) is 0 Å². The van der Waals surface area contributed by atoms with Crippen LogP contribution in [0, 0.1) is 11.8 Å². The summed E-state index contributed by atoms with van der Waals surface area (Å²) in [4.78, 5) is 14.6. The van der Waals surface area contributed by atoms with Crippen LogP contribution in [-0.2, 0) is 19.6 Å². The highest BCUT2D eigenvalue weighted by Gasteiger charge is 2.37. The lowest BCUT2D eigenvalue weighted by atomic mass is 9.79. The fourth-order valence-electron chi connectivity index (χ4n) is 5.26. The van der Waals surface area contributed by atoms with E-state index in [1.165, 1.54) is 24.7 Å². The minimum Gasteiger partial charge on any atom is -0.374 e. The van der Waals surface area contributed by atoms with Gasteiger partial charge in [0.1, 0.15) is 0 Å². The highest BCUT2D eigenvalue weighted by Crippen LogP contribution is 2.36. The number of piperidine rings is 1. The zero-order valence-electron chi connectivity index (χ0n) is 18.5. The van der Waals surface area contributed by atoms with Gasteiger partial charge in [0.05, 0.1) is 18.4 Å². The van der Waals surface area contributed by atoms with Crippen molar-refractivity contribution in [3.8, 4) is 0 Å². The average molecular weight is 449 g/mol. The Morgan fingerprint density at radius 3 is 2.39 bits per heavy atom. The molecule has 0 spiro atoms. The molecule has 1 N–H and O–H groups in total. The first-order valence-electron chi connectivity index (χ1n) is 11.8. The van der Waals surface area contributed by atoms with E-state index in [0.717, 1.165) is 32.1 Å². The topological polar surface area (TPSA) is 75.7 Å². The van der Waals surface area contributed by atoms with Crippen LogP contribution in [0.4, 0.5) is 0 Å². The lowest BCUT2D eigenvalue weighted by Crippen LogP contribution is -2.57. The minimum atomic E-state index is -3.32. The smallest absolute Gasteiger partial charge is 0.225 e. The molecule has 1 aromatic rings. The molecule has 3 fully saturated rings. The van der Waals surface area contributed by atoms with E-state index in [1.54, 1.807) is 0 Å². The highest BCUT2D eigenvalue weighted by molar-refractivity contribution is 7.88. The molecule has 1 heterocycles. The Balaban J connectivity index is 1.31. The number of rotatable bonds is 7. The van der Waals surface area contributed by atoms with Crippen LogP contribution in [-0.4, -0.2) is 57.3 Å². The summed E-state index contributed by atoms with van der Waals surface area (Å²) in [5, 5.41) is 0. The van der Waals surface area contributed by atoms with Crippen molar-refractivity contribution in [1.82, 2.24) is 9.62 Å². The van der Waals surface area contributed by atoms with Gasteiger partial charge >= 0.3 is 0 Å². The Bertz CT molecular complexity index is 832. The lowest BCUT2D eigenvalue weighted by Gasteiger charge is -2.41. The Morgan fingerprint density at radius 2 is 1.77 bits per heavy atom. The summed E-state index contributed by atoms with van der Waals surface area (Å²) in [5.74, 6) is 1.51. The van der Waals surface area contributed by atoms with Crippen LogP contribution in [0.1, 0.15) is 62.8 Å². The molecule has 7 heteroatoms. The van der Waals surface area contributed by atoms with Gasteiger partial charge in [-0.3, -0.25) is 4.79 Å². The number of benzene rings is 1. The SMILES string of the molecule is CS(=O)(=O)N[C@@H]1CCN(C(=O)C2CCC2)C[C@@H]1OCC1CCC(c2ccccc2)CC1. The molecular formula is C24H36N2O4S. The van der Waals surface area contributed by atoms with Crippen molar-refractivity contribution in [1.29, 1.82) is 0 Å². The van der Waals surface area contributed by atoms with Gasteiger partial charge in [-0.25, -0.2) is 13.1 Å². The summed E-state index contributed by atoms with van der Waals surface area (Å²) in [7, 11) is -3.32. The number of likely N-dealkylation sites (tertiary alicyclic amines) is 1. The van der Waals surface area contributed by atoms with Gasteiger partial charge < -0.3 is 9.64 Å². The quantitative estimate of drug-likeness (QED) is 0.694. The summed E-state index contributed by atoms with van der Waals surface area (Å²) < 4.78 is 32.8. The van der Waals surface area contributed by atoms with Gasteiger partial charge in [0.15, 0.2) is 0 Å². The van der Waals surface area contributed by atoms with Crippen molar-refractivity contribution in [3.63, 3.8) is 0 Å². The number of hydrogen-bond acceptors (Lipinski definition) is 4. The molecule has 1 amide bonds. The predicted molar refractivity (Wildman–Crippen MR) is 121 cm³/mol. The summed E-state index contributed by atoms with van der Waals surface area (Å²) in [6.45, 7) is 1.73. The standard InChI is InChI=1S/C24H36N2O4S/c1-31(28,29)25-22-14-15-26(24(27)21-8-5-9-21)16-23(22)30-17-18-10-12-20(13-11-18)19-6-3-2-4-7-19/h2-4,6-7,18,20-23,25H,5,8-17H2,1H3/t18?,20?,22-,23+/m1/s1. The summed E-state index contributed by atoms with van der Waals surface area (Å²) in [6.07, 6.45) is 9.21. The summed E-state index contributed by atoms with van der Waals surface area (Å²) in [6, 6.07) is 10.5. The van der Waals surface area contributed by atoms with Crippen LogP contribution in [0.15, 0.2) is 30.3 Å². The Kier molecular flexibility index (Phi) is 7.34.